The Kier molecular flexibility index (Phi) is 4.62. The number of rotatable bonds is 2. The van der Waals surface area contributed by atoms with E-state index in [1.54, 1.807) is 4.90 Å². The number of benzene rings is 2. The fourth-order valence-corrected chi connectivity index (χ4v) is 5.16. The van der Waals surface area contributed by atoms with Crippen LogP contribution in [0.25, 0.3) is 0 Å². The lowest BCUT2D eigenvalue weighted by atomic mass is 9.89. The van der Waals surface area contributed by atoms with Gasteiger partial charge < -0.3 is 14.5 Å². The number of hydrogen-bond donors (Lipinski definition) is 0. The number of nitrogens with zero attached hydrogens (tertiary/aromatic N) is 2. The van der Waals surface area contributed by atoms with Gasteiger partial charge in [0.1, 0.15) is 12.0 Å². The Bertz CT molecular complexity index is 965. The normalized spacial score (nSPS) is 25.1. The molecule has 3 aliphatic heterocycles. The minimum absolute atomic E-state index is 0.00971. The lowest BCUT2D eigenvalue weighted by molar-refractivity contribution is -0.142. The number of carbonyl (C=O) groups is 2. The molecule has 3 heterocycles. The van der Waals surface area contributed by atoms with Crippen molar-refractivity contribution < 1.29 is 18.7 Å². The number of carbonyl (C=O) groups excluding carboxylic acids is 2. The fraction of sp³-hybridized carbons (Fsp3) is 0.417. The molecule has 30 heavy (non-hydrogen) atoms. The number of amides is 2. The molecule has 5 rings (SSSR count). The zero-order chi connectivity index (χ0) is 20.9. The van der Waals surface area contributed by atoms with Crippen LogP contribution < -0.4 is 0 Å². The van der Waals surface area contributed by atoms with Gasteiger partial charge in [-0.2, -0.15) is 0 Å². The summed E-state index contributed by atoms with van der Waals surface area (Å²) in [4.78, 5) is 29.8. The molecule has 0 aliphatic carbocycles. The molecular weight excluding hydrogens is 383 g/mol. The summed E-state index contributed by atoms with van der Waals surface area (Å²) in [5, 5.41) is 0. The van der Waals surface area contributed by atoms with Crippen molar-refractivity contribution in [3.63, 3.8) is 0 Å². The van der Waals surface area contributed by atoms with Crippen LogP contribution in [-0.4, -0.2) is 46.5 Å². The maximum absolute atomic E-state index is 14.0. The third-order valence-corrected chi connectivity index (χ3v) is 6.65. The van der Waals surface area contributed by atoms with Crippen molar-refractivity contribution in [2.24, 2.45) is 0 Å². The summed E-state index contributed by atoms with van der Waals surface area (Å²) in [6.07, 6.45) is 2.25. The van der Waals surface area contributed by atoms with Gasteiger partial charge in [0.25, 0.3) is 11.8 Å². The van der Waals surface area contributed by atoms with E-state index in [2.05, 4.69) is 0 Å². The van der Waals surface area contributed by atoms with Crippen LogP contribution in [0, 0.1) is 12.7 Å². The molecule has 2 atom stereocenters. The largest absolute Gasteiger partial charge is 0.342 e. The van der Waals surface area contributed by atoms with Crippen molar-refractivity contribution in [2.45, 2.75) is 50.5 Å². The Morgan fingerprint density at radius 2 is 1.83 bits per heavy atom. The van der Waals surface area contributed by atoms with Gasteiger partial charge in [-0.25, -0.2) is 4.39 Å². The second-order valence-electron chi connectivity index (χ2n) is 8.59. The van der Waals surface area contributed by atoms with Gasteiger partial charge in [-0.3, -0.25) is 9.59 Å². The Hall–Kier alpha value is -2.73. The summed E-state index contributed by atoms with van der Waals surface area (Å²) in [6, 6.07) is 14.0. The van der Waals surface area contributed by atoms with E-state index in [0.29, 0.717) is 31.5 Å². The van der Waals surface area contributed by atoms with Gasteiger partial charge in [0, 0.05) is 31.5 Å². The predicted octanol–water partition coefficient (Wildman–Crippen LogP) is 3.83. The molecule has 0 N–H and O–H groups in total. The Balaban J connectivity index is 1.32. The SMILES string of the molecule is Cc1cc(F)cc(C2CCC3OC4(CCN(C(=O)c5ccccc5)CC4)C(=O)N32)c1. The van der Waals surface area contributed by atoms with E-state index in [-0.39, 0.29) is 29.9 Å². The smallest absolute Gasteiger partial charge is 0.257 e. The molecule has 2 unspecified atom stereocenters. The molecule has 3 fully saturated rings. The molecule has 1 spiro atoms. The van der Waals surface area contributed by atoms with E-state index in [9.17, 15) is 14.0 Å². The van der Waals surface area contributed by atoms with Crippen molar-refractivity contribution >= 4 is 11.8 Å². The highest BCUT2D eigenvalue weighted by atomic mass is 19.1. The van der Waals surface area contributed by atoms with E-state index >= 15 is 0 Å². The molecule has 3 saturated heterocycles. The second-order valence-corrected chi connectivity index (χ2v) is 8.59. The lowest BCUT2D eigenvalue weighted by Crippen LogP contribution is -2.51. The number of ether oxygens (including phenoxy) is 1. The van der Waals surface area contributed by atoms with Crippen molar-refractivity contribution in [1.29, 1.82) is 0 Å². The Morgan fingerprint density at radius 1 is 1.10 bits per heavy atom. The van der Waals surface area contributed by atoms with Crippen LogP contribution in [0.15, 0.2) is 48.5 Å². The molecule has 156 valence electrons. The molecule has 3 aliphatic rings. The average molecular weight is 408 g/mol. The first-order chi connectivity index (χ1) is 14.5. The second kappa shape index (κ2) is 7.20. The number of halogens is 1. The fourth-order valence-electron chi connectivity index (χ4n) is 5.16. The number of aryl methyl sites for hydroxylation is 1. The summed E-state index contributed by atoms with van der Waals surface area (Å²) in [7, 11) is 0. The molecular formula is C24H25FN2O3. The highest BCUT2D eigenvalue weighted by Crippen LogP contribution is 2.47. The van der Waals surface area contributed by atoms with Crippen LogP contribution in [0.4, 0.5) is 4.39 Å². The minimum Gasteiger partial charge on any atom is -0.342 e. The van der Waals surface area contributed by atoms with Crippen molar-refractivity contribution in [3.05, 3.63) is 71.0 Å². The average Bonchev–Trinajstić information content (AvgIpc) is 3.26. The topological polar surface area (TPSA) is 49.9 Å². The summed E-state index contributed by atoms with van der Waals surface area (Å²) in [6.45, 7) is 2.84. The van der Waals surface area contributed by atoms with E-state index in [1.807, 2.05) is 48.2 Å². The molecule has 0 bridgehead atoms. The number of piperidine rings is 1. The van der Waals surface area contributed by atoms with Crippen LogP contribution in [0.3, 0.4) is 0 Å². The van der Waals surface area contributed by atoms with Gasteiger partial charge in [-0.15, -0.1) is 0 Å². The standard InChI is InChI=1S/C24H25FN2O3/c1-16-13-18(15-19(25)14-16)20-7-8-21-27(20)23(29)24(30-21)9-11-26(12-10-24)22(28)17-5-3-2-4-6-17/h2-6,13-15,20-21H,7-12H2,1H3. The van der Waals surface area contributed by atoms with Crippen LogP contribution in [0.1, 0.15) is 53.2 Å². The zero-order valence-electron chi connectivity index (χ0n) is 17.0. The molecule has 2 aromatic rings. The van der Waals surface area contributed by atoms with Crippen LogP contribution >= 0.6 is 0 Å². The monoisotopic (exact) mass is 408 g/mol. The summed E-state index contributed by atoms with van der Waals surface area (Å²) >= 11 is 0. The molecule has 2 amide bonds. The zero-order valence-corrected chi connectivity index (χ0v) is 17.0. The van der Waals surface area contributed by atoms with Gasteiger partial charge in [-0.1, -0.05) is 24.3 Å². The van der Waals surface area contributed by atoms with Gasteiger partial charge >= 0.3 is 0 Å². The first-order valence-corrected chi connectivity index (χ1v) is 10.6. The molecule has 0 aromatic heterocycles. The van der Waals surface area contributed by atoms with Crippen molar-refractivity contribution in [3.8, 4) is 0 Å². The molecule has 5 nitrogen and oxygen atoms in total. The van der Waals surface area contributed by atoms with Gasteiger partial charge in [0.2, 0.25) is 0 Å². The van der Waals surface area contributed by atoms with E-state index < -0.39 is 5.60 Å². The van der Waals surface area contributed by atoms with E-state index in [1.165, 1.54) is 12.1 Å². The first kappa shape index (κ1) is 19.2. The molecule has 6 heteroatoms. The van der Waals surface area contributed by atoms with Crippen molar-refractivity contribution in [2.75, 3.05) is 13.1 Å². The third-order valence-electron chi connectivity index (χ3n) is 6.65. The van der Waals surface area contributed by atoms with Crippen LogP contribution in [0.5, 0.6) is 0 Å². The van der Waals surface area contributed by atoms with Crippen LogP contribution in [0.2, 0.25) is 0 Å². The summed E-state index contributed by atoms with van der Waals surface area (Å²) in [5.41, 5.74) is 1.48. The quantitative estimate of drug-likeness (QED) is 0.759. The molecule has 0 radical (unpaired) electrons. The van der Waals surface area contributed by atoms with Gasteiger partial charge in [0.05, 0.1) is 6.04 Å². The van der Waals surface area contributed by atoms with E-state index in [0.717, 1.165) is 24.0 Å². The summed E-state index contributed by atoms with van der Waals surface area (Å²) in [5.74, 6) is -0.295. The number of fused-ring (bicyclic) bond motifs is 1. The van der Waals surface area contributed by atoms with Gasteiger partial charge in [-0.05, 0) is 55.2 Å². The maximum Gasteiger partial charge on any atom is 0.257 e. The molecule has 2 aromatic carbocycles. The predicted molar refractivity (Wildman–Crippen MR) is 109 cm³/mol. The highest BCUT2D eigenvalue weighted by molar-refractivity contribution is 5.95. The lowest BCUT2D eigenvalue weighted by Gasteiger charge is -2.37. The Labute approximate surface area is 175 Å². The van der Waals surface area contributed by atoms with E-state index in [4.69, 9.17) is 4.74 Å². The van der Waals surface area contributed by atoms with Gasteiger partial charge in [0.15, 0.2) is 5.60 Å². The molecule has 0 saturated carbocycles. The number of likely N-dealkylation sites (tertiary alicyclic amines) is 1. The minimum atomic E-state index is -0.862. The third kappa shape index (κ3) is 3.10. The Morgan fingerprint density at radius 3 is 2.53 bits per heavy atom. The maximum atomic E-state index is 14.0. The highest BCUT2D eigenvalue weighted by Gasteiger charge is 2.58. The van der Waals surface area contributed by atoms with Crippen LogP contribution in [-0.2, 0) is 9.53 Å². The van der Waals surface area contributed by atoms with Crippen molar-refractivity contribution in [1.82, 2.24) is 9.80 Å². The number of hydrogen-bond acceptors (Lipinski definition) is 3. The first-order valence-electron chi connectivity index (χ1n) is 10.6. The summed E-state index contributed by atoms with van der Waals surface area (Å²) < 4.78 is 20.3.